The molecule has 1 atom stereocenters. The molecule has 136 valence electrons. The van der Waals surface area contributed by atoms with Crippen LogP contribution in [-0.4, -0.2) is 31.3 Å². The van der Waals surface area contributed by atoms with Crippen LogP contribution in [0.2, 0.25) is 0 Å². The number of imidazole rings is 1. The fraction of sp³-hybridized carbons (Fsp3) is 0.389. The fourth-order valence-electron chi connectivity index (χ4n) is 2.85. The Morgan fingerprint density at radius 3 is 2.77 bits per heavy atom. The summed E-state index contributed by atoms with van der Waals surface area (Å²) in [5, 5.41) is 3.89. The van der Waals surface area contributed by atoms with Crippen LogP contribution >= 0.6 is 0 Å². The molecule has 1 fully saturated rings. The molecule has 1 unspecified atom stereocenters. The van der Waals surface area contributed by atoms with E-state index in [1.807, 2.05) is 30.3 Å². The monoisotopic (exact) mass is 370 g/mol. The Labute approximate surface area is 153 Å². The first-order valence-electron chi connectivity index (χ1n) is 8.89. The Morgan fingerprint density at radius 2 is 2.08 bits per heavy atom. The van der Waals surface area contributed by atoms with Crippen molar-refractivity contribution in [3.63, 3.8) is 0 Å². The van der Waals surface area contributed by atoms with Crippen molar-refractivity contribution >= 4 is 27.7 Å². The van der Waals surface area contributed by atoms with E-state index in [1.165, 1.54) is 0 Å². The zero-order chi connectivity index (χ0) is 18.1. The summed E-state index contributed by atoms with van der Waals surface area (Å²) < 4.78 is 9.99. The SMILES string of the molecule is CCCS(=N)c1nc(NC2CC2)c2[nH]c(=O)n(Cc3ccccc3)c2n1. The van der Waals surface area contributed by atoms with Crippen molar-refractivity contribution in [1.82, 2.24) is 19.5 Å². The highest BCUT2D eigenvalue weighted by Crippen LogP contribution is 2.27. The highest BCUT2D eigenvalue weighted by Gasteiger charge is 2.25. The molecule has 2 aromatic heterocycles. The Hall–Kier alpha value is -2.48. The summed E-state index contributed by atoms with van der Waals surface area (Å²) in [5.74, 6) is 1.37. The topological polar surface area (TPSA) is 99.5 Å². The van der Waals surface area contributed by atoms with Crippen molar-refractivity contribution in [1.29, 1.82) is 4.78 Å². The van der Waals surface area contributed by atoms with Crippen LogP contribution in [0.5, 0.6) is 0 Å². The van der Waals surface area contributed by atoms with Gasteiger partial charge in [0.1, 0.15) is 5.52 Å². The zero-order valence-electron chi connectivity index (χ0n) is 14.7. The van der Waals surface area contributed by atoms with Gasteiger partial charge in [-0.05, 0) is 35.5 Å². The molecule has 2 heterocycles. The van der Waals surface area contributed by atoms with E-state index in [2.05, 4.69) is 27.2 Å². The van der Waals surface area contributed by atoms with Gasteiger partial charge in [-0.2, -0.15) is 0 Å². The summed E-state index contributed by atoms with van der Waals surface area (Å²) in [7, 11) is -0.781. The van der Waals surface area contributed by atoms with Crippen molar-refractivity contribution in [2.45, 2.75) is 43.9 Å². The van der Waals surface area contributed by atoms with E-state index in [0.29, 0.717) is 34.7 Å². The molecule has 7 nitrogen and oxygen atoms in total. The van der Waals surface area contributed by atoms with E-state index < -0.39 is 10.7 Å². The Balaban J connectivity index is 1.83. The molecule has 8 heteroatoms. The maximum absolute atomic E-state index is 12.6. The number of rotatable bonds is 7. The number of aromatic amines is 1. The van der Waals surface area contributed by atoms with Gasteiger partial charge in [-0.3, -0.25) is 9.35 Å². The van der Waals surface area contributed by atoms with Crippen molar-refractivity contribution in [2.24, 2.45) is 0 Å². The molecule has 1 aliphatic rings. The van der Waals surface area contributed by atoms with Gasteiger partial charge in [-0.25, -0.2) is 14.8 Å². The van der Waals surface area contributed by atoms with Gasteiger partial charge in [0.25, 0.3) is 0 Å². The van der Waals surface area contributed by atoms with Crippen molar-refractivity contribution in [2.75, 3.05) is 11.1 Å². The third kappa shape index (κ3) is 3.41. The first-order chi connectivity index (χ1) is 12.7. The smallest absolute Gasteiger partial charge is 0.328 e. The summed E-state index contributed by atoms with van der Waals surface area (Å²) in [6, 6.07) is 10.2. The van der Waals surface area contributed by atoms with E-state index in [9.17, 15) is 4.79 Å². The molecule has 0 spiro atoms. The minimum atomic E-state index is -0.781. The number of hydrogen-bond acceptors (Lipinski definition) is 5. The van der Waals surface area contributed by atoms with Gasteiger partial charge in [-0.1, -0.05) is 37.3 Å². The molecule has 0 aliphatic heterocycles. The second kappa shape index (κ2) is 7.03. The van der Waals surface area contributed by atoms with Crippen LogP contribution in [0.4, 0.5) is 5.82 Å². The van der Waals surface area contributed by atoms with Gasteiger partial charge in [0.15, 0.2) is 11.5 Å². The second-order valence-corrected chi connectivity index (χ2v) is 8.12. The van der Waals surface area contributed by atoms with Crippen molar-refractivity contribution < 1.29 is 0 Å². The zero-order valence-corrected chi connectivity index (χ0v) is 15.5. The first kappa shape index (κ1) is 17.0. The number of aromatic nitrogens is 4. The van der Waals surface area contributed by atoms with Crippen LogP contribution < -0.4 is 11.0 Å². The number of anilines is 1. The number of hydrogen-bond donors (Lipinski definition) is 3. The quantitative estimate of drug-likeness (QED) is 0.557. The third-order valence-corrected chi connectivity index (χ3v) is 5.77. The predicted octanol–water partition coefficient (Wildman–Crippen LogP) is 2.89. The highest BCUT2D eigenvalue weighted by molar-refractivity contribution is 7.85. The van der Waals surface area contributed by atoms with Gasteiger partial charge < -0.3 is 10.3 Å². The fourth-order valence-corrected chi connectivity index (χ4v) is 3.84. The molecule has 0 radical (unpaired) electrons. The molecule has 1 aliphatic carbocycles. The second-order valence-electron chi connectivity index (χ2n) is 6.57. The minimum absolute atomic E-state index is 0.200. The first-order valence-corrected chi connectivity index (χ1v) is 10.3. The molecular weight excluding hydrogens is 348 g/mol. The summed E-state index contributed by atoms with van der Waals surface area (Å²) >= 11 is 0. The lowest BCUT2D eigenvalue weighted by molar-refractivity contribution is 0.770. The lowest BCUT2D eigenvalue weighted by Crippen LogP contribution is -2.18. The van der Waals surface area contributed by atoms with E-state index in [4.69, 9.17) is 4.78 Å². The lowest BCUT2D eigenvalue weighted by Gasteiger charge is -2.10. The average molecular weight is 370 g/mol. The van der Waals surface area contributed by atoms with Crippen LogP contribution in [0.3, 0.4) is 0 Å². The number of fused-ring (bicyclic) bond motifs is 1. The predicted molar refractivity (Wildman–Crippen MR) is 104 cm³/mol. The molecule has 0 amide bonds. The van der Waals surface area contributed by atoms with Crippen molar-refractivity contribution in [3.05, 3.63) is 46.4 Å². The lowest BCUT2D eigenvalue weighted by atomic mass is 10.2. The Bertz CT molecular complexity index is 1010. The number of nitrogens with zero attached hydrogens (tertiary/aromatic N) is 3. The summed E-state index contributed by atoms with van der Waals surface area (Å²) in [6.07, 6.45) is 3.12. The van der Waals surface area contributed by atoms with Crippen LogP contribution in [0.1, 0.15) is 31.7 Å². The largest absolute Gasteiger partial charge is 0.365 e. The molecule has 1 saturated carbocycles. The number of nitrogens with one attached hydrogen (secondary N) is 3. The molecule has 4 rings (SSSR count). The Kier molecular flexibility index (Phi) is 4.58. The maximum atomic E-state index is 12.6. The van der Waals surface area contributed by atoms with Crippen LogP contribution in [0.15, 0.2) is 40.3 Å². The standard InChI is InChI=1S/C18H22N6OS/c1-2-10-26(19)17-22-15(20-13-8-9-13)14-16(23-17)24(18(25)21-14)11-12-6-4-3-5-7-12/h3-7,13,19H,2,8-11H2,1H3,(H,21,25)(H,20,22,23). The molecular formula is C18H22N6OS. The van der Waals surface area contributed by atoms with Crippen LogP contribution in [0.25, 0.3) is 11.2 Å². The van der Waals surface area contributed by atoms with Crippen LogP contribution in [0, 0.1) is 4.78 Å². The highest BCUT2D eigenvalue weighted by atomic mass is 32.2. The molecule has 1 aromatic carbocycles. The van der Waals surface area contributed by atoms with E-state index in [1.54, 1.807) is 4.57 Å². The van der Waals surface area contributed by atoms with Gasteiger partial charge in [0.05, 0.1) is 6.54 Å². The van der Waals surface area contributed by atoms with Crippen molar-refractivity contribution in [3.8, 4) is 0 Å². The Morgan fingerprint density at radius 1 is 1.31 bits per heavy atom. The van der Waals surface area contributed by atoms with Gasteiger partial charge in [-0.15, -0.1) is 0 Å². The van der Waals surface area contributed by atoms with Gasteiger partial charge in [0, 0.05) is 11.8 Å². The number of benzene rings is 1. The summed E-state index contributed by atoms with van der Waals surface area (Å²) in [6.45, 7) is 2.50. The van der Waals surface area contributed by atoms with Gasteiger partial charge in [0.2, 0.25) is 5.16 Å². The van der Waals surface area contributed by atoms with Crippen LogP contribution in [-0.2, 0) is 17.2 Å². The average Bonchev–Trinajstić information content (AvgIpc) is 3.40. The molecule has 0 saturated heterocycles. The minimum Gasteiger partial charge on any atom is -0.365 e. The molecule has 3 N–H and O–H groups in total. The molecule has 3 aromatic rings. The molecule has 26 heavy (non-hydrogen) atoms. The molecule has 0 bridgehead atoms. The van der Waals surface area contributed by atoms with E-state index in [0.717, 1.165) is 30.6 Å². The third-order valence-electron chi connectivity index (χ3n) is 4.33. The van der Waals surface area contributed by atoms with Gasteiger partial charge >= 0.3 is 5.69 Å². The summed E-state index contributed by atoms with van der Waals surface area (Å²) in [4.78, 5) is 24.7. The number of H-pyrrole nitrogens is 1. The van der Waals surface area contributed by atoms with E-state index >= 15 is 0 Å². The summed E-state index contributed by atoms with van der Waals surface area (Å²) in [5.41, 5.74) is 2.04. The normalized spacial score (nSPS) is 15.3. The maximum Gasteiger partial charge on any atom is 0.328 e. The van der Waals surface area contributed by atoms with E-state index in [-0.39, 0.29) is 5.69 Å².